The Balaban J connectivity index is 1.74. The number of aromatic nitrogens is 2. The van der Waals surface area contributed by atoms with Crippen molar-refractivity contribution in [2.75, 3.05) is 33.5 Å². The van der Waals surface area contributed by atoms with Gasteiger partial charge >= 0.3 is 0 Å². The normalized spacial score (nSPS) is 12.3. The fourth-order valence-corrected chi connectivity index (χ4v) is 5.35. The zero-order valence-corrected chi connectivity index (χ0v) is 22.9. The molecule has 0 spiro atoms. The molecule has 2 aromatic heterocycles. The number of para-hydroxylation sites is 1. The Labute approximate surface area is 220 Å². The predicted molar refractivity (Wildman–Crippen MR) is 147 cm³/mol. The molecular formula is C26H27ClN4O3S2. The Morgan fingerprint density at radius 2 is 1.83 bits per heavy atom. The molecule has 0 fully saturated rings. The molecule has 2 heterocycles. The number of nitrogens with zero attached hydrogens (tertiary/aromatic N) is 4. The quantitative estimate of drug-likeness (QED) is 0.156. The van der Waals surface area contributed by atoms with Crippen LogP contribution in [-0.2, 0) is 14.7 Å². The van der Waals surface area contributed by atoms with Crippen LogP contribution in [0.25, 0.3) is 26.7 Å². The Hall–Kier alpha value is -2.98. The second-order valence-corrected chi connectivity index (χ2v) is 12.1. The van der Waals surface area contributed by atoms with Crippen LogP contribution in [0.15, 0.2) is 76.8 Å². The minimum Gasteiger partial charge on any atom is -0.394 e. The lowest BCUT2D eigenvalue weighted by Crippen LogP contribution is -2.17. The molecule has 2 aromatic carbocycles. The third kappa shape index (κ3) is 6.04. The van der Waals surface area contributed by atoms with Crippen LogP contribution in [-0.4, -0.2) is 62.3 Å². The zero-order valence-electron chi connectivity index (χ0n) is 20.5. The first-order valence-corrected chi connectivity index (χ1v) is 14.3. The van der Waals surface area contributed by atoms with Gasteiger partial charge in [0.1, 0.15) is 18.0 Å². The second-order valence-electron chi connectivity index (χ2n) is 8.56. The lowest BCUT2D eigenvalue weighted by Gasteiger charge is -2.08. The molecular weight excluding hydrogens is 516 g/mol. The summed E-state index contributed by atoms with van der Waals surface area (Å²) in [4.78, 5) is 9.68. The molecule has 36 heavy (non-hydrogen) atoms. The van der Waals surface area contributed by atoms with Gasteiger partial charge in [-0.2, -0.15) is 5.10 Å². The van der Waals surface area contributed by atoms with Crippen LogP contribution >= 0.6 is 22.9 Å². The molecule has 0 saturated carbocycles. The SMILES string of the molecule is C/C(=N\OCCN(C)C)c1cc(-c2ccc(-c3cccc(S(C)(=O)=O)c3)s2)n(-c2ccccc2Cl)n1. The maximum Gasteiger partial charge on any atom is 0.175 e. The number of hydrogen-bond acceptors (Lipinski definition) is 7. The van der Waals surface area contributed by atoms with Crippen molar-refractivity contribution in [3.8, 4) is 26.7 Å². The van der Waals surface area contributed by atoms with E-state index in [-0.39, 0.29) is 0 Å². The Bertz CT molecular complexity index is 1510. The zero-order chi connectivity index (χ0) is 25.9. The van der Waals surface area contributed by atoms with Crippen molar-refractivity contribution >= 4 is 38.5 Å². The predicted octanol–water partition coefficient (Wildman–Crippen LogP) is 5.63. The number of hydrogen-bond donors (Lipinski definition) is 0. The van der Waals surface area contributed by atoms with Gasteiger partial charge in [0.25, 0.3) is 0 Å². The first-order valence-electron chi connectivity index (χ1n) is 11.2. The maximum absolute atomic E-state index is 12.0. The van der Waals surface area contributed by atoms with E-state index in [1.165, 1.54) is 6.26 Å². The topological polar surface area (TPSA) is 76.8 Å². The summed E-state index contributed by atoms with van der Waals surface area (Å²) in [5.74, 6) is 0. The number of benzene rings is 2. The highest BCUT2D eigenvalue weighted by molar-refractivity contribution is 7.90. The number of thiophene rings is 1. The van der Waals surface area contributed by atoms with Crippen LogP contribution in [0.2, 0.25) is 5.02 Å². The van der Waals surface area contributed by atoms with E-state index in [1.54, 1.807) is 34.2 Å². The van der Waals surface area contributed by atoms with E-state index in [9.17, 15) is 8.42 Å². The van der Waals surface area contributed by atoms with Crippen LogP contribution in [0.4, 0.5) is 0 Å². The molecule has 0 aliphatic heterocycles. The number of halogens is 1. The first kappa shape index (κ1) is 26.1. The fourth-order valence-electron chi connectivity index (χ4n) is 3.46. The van der Waals surface area contributed by atoms with Crippen LogP contribution in [0.3, 0.4) is 0 Å². The van der Waals surface area contributed by atoms with Crippen LogP contribution < -0.4 is 0 Å². The average molecular weight is 543 g/mol. The first-order chi connectivity index (χ1) is 17.1. The molecule has 0 aliphatic carbocycles. The second kappa shape index (κ2) is 11.0. The summed E-state index contributed by atoms with van der Waals surface area (Å²) in [7, 11) is 0.654. The number of rotatable bonds is 9. The molecule has 0 N–H and O–H groups in total. The van der Waals surface area contributed by atoms with Gasteiger partial charge in [0.2, 0.25) is 0 Å². The van der Waals surface area contributed by atoms with Gasteiger partial charge in [-0.25, -0.2) is 13.1 Å². The van der Waals surface area contributed by atoms with E-state index in [0.717, 1.165) is 33.2 Å². The van der Waals surface area contributed by atoms with Gasteiger partial charge in [-0.05, 0) is 69.0 Å². The highest BCUT2D eigenvalue weighted by atomic mass is 35.5. The summed E-state index contributed by atoms with van der Waals surface area (Å²) < 4.78 is 25.9. The molecule has 0 amide bonds. The molecule has 4 aromatic rings. The summed E-state index contributed by atoms with van der Waals surface area (Å²) in [6, 6.07) is 20.4. The smallest absolute Gasteiger partial charge is 0.175 e. The molecule has 0 bridgehead atoms. The van der Waals surface area contributed by atoms with Crippen LogP contribution in [0.5, 0.6) is 0 Å². The molecule has 0 radical (unpaired) electrons. The summed E-state index contributed by atoms with van der Waals surface area (Å²) in [6.07, 6.45) is 1.21. The van der Waals surface area contributed by atoms with E-state index in [0.29, 0.717) is 27.9 Å². The average Bonchev–Trinajstić information content (AvgIpc) is 3.49. The third-order valence-corrected chi connectivity index (χ3v) is 7.98. The fraction of sp³-hybridized carbons (Fsp3) is 0.231. The highest BCUT2D eigenvalue weighted by Crippen LogP contribution is 2.37. The van der Waals surface area contributed by atoms with Crippen molar-refractivity contribution in [2.24, 2.45) is 5.16 Å². The lowest BCUT2D eigenvalue weighted by atomic mass is 10.2. The molecule has 188 valence electrons. The van der Waals surface area contributed by atoms with Gasteiger partial charge in [0.15, 0.2) is 9.84 Å². The van der Waals surface area contributed by atoms with Crippen molar-refractivity contribution in [3.63, 3.8) is 0 Å². The summed E-state index contributed by atoms with van der Waals surface area (Å²) in [6.45, 7) is 3.09. The van der Waals surface area contributed by atoms with Gasteiger partial charge in [-0.15, -0.1) is 11.3 Å². The van der Waals surface area contributed by atoms with Gasteiger partial charge < -0.3 is 9.74 Å². The van der Waals surface area contributed by atoms with E-state index >= 15 is 0 Å². The minimum absolute atomic E-state index is 0.291. The molecule has 10 heteroatoms. The molecule has 7 nitrogen and oxygen atoms in total. The Morgan fingerprint density at radius 3 is 2.56 bits per heavy atom. The van der Waals surface area contributed by atoms with Gasteiger partial charge in [0, 0.05) is 17.7 Å². The number of likely N-dealkylation sites (N-methyl/N-ethyl adjacent to an activating group) is 1. The van der Waals surface area contributed by atoms with Crippen molar-refractivity contribution < 1.29 is 13.3 Å². The van der Waals surface area contributed by atoms with Crippen molar-refractivity contribution in [1.82, 2.24) is 14.7 Å². The highest BCUT2D eigenvalue weighted by Gasteiger charge is 2.18. The monoisotopic (exact) mass is 542 g/mol. The van der Waals surface area contributed by atoms with E-state index in [2.05, 4.69) is 5.16 Å². The van der Waals surface area contributed by atoms with Gasteiger partial charge in [-0.1, -0.05) is 41.0 Å². The summed E-state index contributed by atoms with van der Waals surface area (Å²) in [5.41, 5.74) is 3.75. The standard InChI is InChI=1S/C26H27ClN4O3S2/c1-18(29-34-15-14-30(2)3)22-17-24(31(28-22)23-11-6-5-10-21(23)27)26-13-12-25(35-26)19-8-7-9-20(16-19)36(4,32)33/h5-13,16-17H,14-15H2,1-4H3/b29-18+. The van der Waals surface area contributed by atoms with E-state index < -0.39 is 9.84 Å². The van der Waals surface area contributed by atoms with E-state index in [4.69, 9.17) is 21.5 Å². The van der Waals surface area contributed by atoms with Gasteiger partial charge in [-0.3, -0.25) is 0 Å². The molecule has 0 atom stereocenters. The molecule has 0 saturated heterocycles. The lowest BCUT2D eigenvalue weighted by molar-refractivity contribution is 0.126. The van der Waals surface area contributed by atoms with Gasteiger partial charge in [0.05, 0.1) is 26.2 Å². The van der Waals surface area contributed by atoms with Crippen LogP contribution in [0, 0.1) is 0 Å². The Kier molecular flexibility index (Phi) is 7.94. The minimum atomic E-state index is -3.30. The number of sulfone groups is 1. The van der Waals surface area contributed by atoms with E-state index in [1.807, 2.05) is 74.4 Å². The molecule has 0 unspecified atom stereocenters. The van der Waals surface area contributed by atoms with Crippen molar-refractivity contribution in [1.29, 1.82) is 0 Å². The van der Waals surface area contributed by atoms with Crippen LogP contribution in [0.1, 0.15) is 12.6 Å². The van der Waals surface area contributed by atoms with Crippen molar-refractivity contribution in [2.45, 2.75) is 11.8 Å². The van der Waals surface area contributed by atoms with Crippen molar-refractivity contribution in [3.05, 3.63) is 77.4 Å². The summed E-state index contributed by atoms with van der Waals surface area (Å²) >= 11 is 8.07. The Morgan fingerprint density at radius 1 is 1.08 bits per heavy atom. The molecule has 0 aliphatic rings. The third-order valence-electron chi connectivity index (χ3n) is 5.40. The largest absolute Gasteiger partial charge is 0.394 e. The summed E-state index contributed by atoms with van der Waals surface area (Å²) in [5, 5.41) is 9.61. The molecule has 4 rings (SSSR count). The number of oxime groups is 1. The maximum atomic E-state index is 12.0.